The molecule has 0 saturated carbocycles. The van der Waals surface area contributed by atoms with Crippen molar-refractivity contribution in [3.63, 3.8) is 0 Å². The van der Waals surface area contributed by atoms with E-state index in [2.05, 4.69) is 5.10 Å². The van der Waals surface area contributed by atoms with Gasteiger partial charge in [0, 0.05) is 32.4 Å². The van der Waals surface area contributed by atoms with Gasteiger partial charge in [0.15, 0.2) is 0 Å². The maximum Gasteiger partial charge on any atom is 0.338 e. The van der Waals surface area contributed by atoms with Crippen molar-refractivity contribution in [1.29, 1.82) is 0 Å². The zero-order valence-electron chi connectivity index (χ0n) is 13.9. The van der Waals surface area contributed by atoms with Crippen LogP contribution in [0, 0.1) is 0 Å². The van der Waals surface area contributed by atoms with Crippen LogP contribution in [-0.2, 0) is 21.4 Å². The third kappa shape index (κ3) is 3.75. The number of aromatic nitrogens is 2. The van der Waals surface area contributed by atoms with E-state index in [1.807, 2.05) is 0 Å². The lowest BCUT2D eigenvalue weighted by atomic mass is 10.3. The van der Waals surface area contributed by atoms with Crippen LogP contribution in [0.2, 0.25) is 0 Å². The third-order valence-electron chi connectivity index (χ3n) is 4.15. The number of sulfonamides is 1. The van der Waals surface area contributed by atoms with E-state index >= 15 is 0 Å². The number of carboxylic acids is 1. The van der Waals surface area contributed by atoms with Crippen LogP contribution in [-0.4, -0.2) is 70.6 Å². The van der Waals surface area contributed by atoms with E-state index in [9.17, 15) is 18.0 Å². The number of hydrogen-bond acceptors (Lipinski definition) is 5. The smallest absolute Gasteiger partial charge is 0.338 e. The highest BCUT2D eigenvalue weighted by molar-refractivity contribution is 7.89. The standard InChI is InChI=1S/C16H18N4O5S/c21-15(12-19-11-13(10-17-19)16(22)23)18-6-8-20(9-7-18)26(24,25)14-4-2-1-3-5-14/h1-5,10-11H,6-9,12H2,(H,22,23). The monoisotopic (exact) mass is 378 g/mol. The summed E-state index contributed by atoms with van der Waals surface area (Å²) in [5.41, 5.74) is 0.0107. The Morgan fingerprint density at radius 2 is 1.73 bits per heavy atom. The summed E-state index contributed by atoms with van der Waals surface area (Å²) < 4.78 is 27.8. The molecule has 1 aromatic heterocycles. The van der Waals surface area contributed by atoms with Gasteiger partial charge in [-0.15, -0.1) is 0 Å². The predicted molar refractivity (Wildman–Crippen MR) is 91.0 cm³/mol. The van der Waals surface area contributed by atoms with E-state index in [1.165, 1.54) is 21.4 Å². The minimum Gasteiger partial charge on any atom is -0.478 e. The third-order valence-corrected chi connectivity index (χ3v) is 6.06. The van der Waals surface area contributed by atoms with Crippen molar-refractivity contribution in [3.05, 3.63) is 48.3 Å². The molecule has 1 saturated heterocycles. The molecule has 1 aliphatic rings. The lowest BCUT2D eigenvalue weighted by molar-refractivity contribution is -0.133. The van der Waals surface area contributed by atoms with Gasteiger partial charge in [0.1, 0.15) is 6.54 Å². The number of piperazine rings is 1. The zero-order valence-corrected chi connectivity index (χ0v) is 14.7. The summed E-state index contributed by atoms with van der Waals surface area (Å²) in [5.74, 6) is -1.34. The van der Waals surface area contributed by atoms with Crippen molar-refractivity contribution in [2.24, 2.45) is 0 Å². The van der Waals surface area contributed by atoms with Crippen LogP contribution in [0.3, 0.4) is 0 Å². The van der Waals surface area contributed by atoms with E-state index in [0.29, 0.717) is 0 Å². The number of rotatable bonds is 5. The molecule has 3 rings (SSSR count). The Morgan fingerprint density at radius 1 is 1.08 bits per heavy atom. The maximum atomic E-state index is 12.6. The van der Waals surface area contributed by atoms with Crippen molar-refractivity contribution in [2.45, 2.75) is 11.4 Å². The zero-order chi connectivity index (χ0) is 18.7. The molecule has 0 spiro atoms. The molecule has 0 unspecified atom stereocenters. The number of carbonyl (C=O) groups is 2. The highest BCUT2D eigenvalue weighted by Crippen LogP contribution is 2.17. The summed E-state index contributed by atoms with van der Waals surface area (Å²) >= 11 is 0. The number of amides is 1. The summed E-state index contributed by atoms with van der Waals surface area (Å²) in [4.78, 5) is 24.9. The first-order chi connectivity index (χ1) is 12.4. The van der Waals surface area contributed by atoms with E-state index in [1.54, 1.807) is 35.2 Å². The molecule has 0 aliphatic carbocycles. The van der Waals surface area contributed by atoms with E-state index in [0.717, 1.165) is 0 Å². The first-order valence-electron chi connectivity index (χ1n) is 7.96. The Hall–Kier alpha value is -2.72. The van der Waals surface area contributed by atoms with Gasteiger partial charge in [0.25, 0.3) is 0 Å². The largest absolute Gasteiger partial charge is 0.478 e. The van der Waals surface area contributed by atoms with Crippen molar-refractivity contribution >= 4 is 21.9 Å². The average molecular weight is 378 g/mol. The topological polar surface area (TPSA) is 113 Å². The molecule has 1 N–H and O–H groups in total. The number of benzene rings is 1. The second kappa shape index (κ2) is 7.26. The van der Waals surface area contributed by atoms with Gasteiger partial charge in [-0.25, -0.2) is 13.2 Å². The molecular formula is C16H18N4O5S. The van der Waals surface area contributed by atoms with Gasteiger partial charge in [-0.1, -0.05) is 18.2 Å². The van der Waals surface area contributed by atoms with Crippen molar-refractivity contribution in [3.8, 4) is 0 Å². The Morgan fingerprint density at radius 3 is 2.31 bits per heavy atom. The molecule has 1 aliphatic heterocycles. The summed E-state index contributed by atoms with van der Waals surface area (Å²) in [5, 5.41) is 12.7. The Bertz CT molecular complexity index is 902. The highest BCUT2D eigenvalue weighted by Gasteiger charge is 2.30. The van der Waals surface area contributed by atoms with Gasteiger partial charge in [-0.2, -0.15) is 9.40 Å². The van der Waals surface area contributed by atoms with E-state index in [-0.39, 0.29) is 49.1 Å². The molecule has 1 amide bonds. The molecule has 2 heterocycles. The fourth-order valence-corrected chi connectivity index (χ4v) is 4.16. The van der Waals surface area contributed by atoms with Gasteiger partial charge in [-0.05, 0) is 12.1 Å². The van der Waals surface area contributed by atoms with Gasteiger partial charge >= 0.3 is 5.97 Å². The van der Waals surface area contributed by atoms with Crippen molar-refractivity contribution in [1.82, 2.24) is 19.0 Å². The Kier molecular flexibility index (Phi) is 5.05. The second-order valence-corrected chi connectivity index (χ2v) is 7.77. The van der Waals surface area contributed by atoms with Crippen LogP contribution in [0.5, 0.6) is 0 Å². The lowest BCUT2D eigenvalue weighted by Crippen LogP contribution is -2.51. The molecule has 0 bridgehead atoms. The normalized spacial score (nSPS) is 15.8. The van der Waals surface area contributed by atoms with Crippen LogP contribution >= 0.6 is 0 Å². The fourth-order valence-electron chi connectivity index (χ4n) is 2.72. The molecule has 10 heteroatoms. The molecule has 2 aromatic rings. The van der Waals surface area contributed by atoms with Gasteiger partial charge in [0.05, 0.1) is 16.7 Å². The number of nitrogens with zero attached hydrogens (tertiary/aromatic N) is 4. The summed E-state index contributed by atoms with van der Waals surface area (Å²) in [6.07, 6.45) is 2.47. The number of carbonyl (C=O) groups excluding carboxylic acids is 1. The molecular weight excluding hydrogens is 360 g/mol. The van der Waals surface area contributed by atoms with Crippen LogP contribution in [0.4, 0.5) is 0 Å². The lowest BCUT2D eigenvalue weighted by Gasteiger charge is -2.34. The Labute approximate surface area is 150 Å². The Balaban J connectivity index is 1.59. The summed E-state index contributed by atoms with van der Waals surface area (Å²) in [6, 6.07) is 8.18. The number of carboxylic acid groups (broad SMARTS) is 1. The SMILES string of the molecule is O=C(O)c1cnn(CC(=O)N2CCN(S(=O)(=O)c3ccccc3)CC2)c1. The minimum atomic E-state index is -3.56. The summed E-state index contributed by atoms with van der Waals surface area (Å²) in [6.45, 7) is 0.888. The number of hydrogen-bond donors (Lipinski definition) is 1. The first-order valence-corrected chi connectivity index (χ1v) is 9.40. The molecule has 0 atom stereocenters. The van der Waals surface area contributed by atoms with E-state index in [4.69, 9.17) is 5.11 Å². The van der Waals surface area contributed by atoms with Crippen LogP contribution in [0.25, 0.3) is 0 Å². The molecule has 138 valence electrons. The molecule has 9 nitrogen and oxygen atoms in total. The molecule has 1 fully saturated rings. The van der Waals surface area contributed by atoms with Crippen molar-refractivity contribution in [2.75, 3.05) is 26.2 Å². The fraction of sp³-hybridized carbons (Fsp3) is 0.312. The minimum absolute atomic E-state index is 0.0107. The van der Waals surface area contributed by atoms with Gasteiger partial charge < -0.3 is 10.0 Å². The van der Waals surface area contributed by atoms with Gasteiger partial charge in [0.2, 0.25) is 15.9 Å². The van der Waals surface area contributed by atoms with Gasteiger partial charge in [-0.3, -0.25) is 9.48 Å². The molecule has 1 aromatic carbocycles. The molecule has 26 heavy (non-hydrogen) atoms. The van der Waals surface area contributed by atoms with Crippen LogP contribution in [0.1, 0.15) is 10.4 Å². The quantitative estimate of drug-likeness (QED) is 0.790. The van der Waals surface area contributed by atoms with Crippen molar-refractivity contribution < 1.29 is 23.1 Å². The van der Waals surface area contributed by atoms with Crippen LogP contribution in [0.15, 0.2) is 47.6 Å². The van der Waals surface area contributed by atoms with E-state index < -0.39 is 16.0 Å². The number of aromatic carboxylic acids is 1. The maximum absolute atomic E-state index is 12.6. The first kappa shape index (κ1) is 18.1. The molecule has 0 radical (unpaired) electrons. The second-order valence-electron chi connectivity index (χ2n) is 5.83. The van der Waals surface area contributed by atoms with Crippen LogP contribution < -0.4 is 0 Å². The summed E-state index contributed by atoms with van der Waals surface area (Å²) in [7, 11) is -3.56. The highest BCUT2D eigenvalue weighted by atomic mass is 32.2. The predicted octanol–water partition coefficient (Wildman–Crippen LogP) is 0.114. The average Bonchev–Trinajstić information content (AvgIpc) is 3.11.